The maximum absolute atomic E-state index is 12.6. The number of carbonyl (C=O) groups excluding carboxylic acids is 2. The van der Waals surface area contributed by atoms with Gasteiger partial charge in [0.25, 0.3) is 0 Å². The Labute approximate surface area is 112 Å². The molecule has 2 aliphatic heterocycles. The van der Waals surface area contributed by atoms with Crippen LogP contribution in [0.3, 0.4) is 0 Å². The van der Waals surface area contributed by atoms with E-state index in [9.17, 15) is 9.59 Å². The summed E-state index contributed by atoms with van der Waals surface area (Å²) in [4.78, 5) is 26.3. The van der Waals surface area contributed by atoms with Crippen molar-refractivity contribution in [1.82, 2.24) is 10.2 Å². The molecule has 0 saturated carbocycles. The zero-order valence-electron chi connectivity index (χ0n) is 11.1. The number of nitrogens with one attached hydrogen (secondary N) is 1. The molecule has 0 radical (unpaired) electrons. The predicted molar refractivity (Wildman–Crippen MR) is 71.5 cm³/mol. The molecule has 0 aliphatic carbocycles. The Morgan fingerprint density at radius 2 is 2.00 bits per heavy atom. The molecular formula is C15H18N2O2. The quantitative estimate of drug-likeness (QED) is 0.813. The monoisotopic (exact) mass is 258 g/mol. The molecular weight excluding hydrogens is 240 g/mol. The summed E-state index contributed by atoms with van der Waals surface area (Å²) >= 11 is 0. The molecule has 100 valence electrons. The molecule has 19 heavy (non-hydrogen) atoms. The molecule has 2 amide bonds. The van der Waals surface area contributed by atoms with Crippen molar-refractivity contribution in [1.29, 1.82) is 0 Å². The molecule has 2 heterocycles. The first-order valence-corrected chi connectivity index (χ1v) is 6.74. The second kappa shape index (κ2) is 4.46. The van der Waals surface area contributed by atoms with E-state index in [0.717, 1.165) is 18.5 Å². The summed E-state index contributed by atoms with van der Waals surface area (Å²) < 4.78 is 0. The molecule has 3 rings (SSSR count). The van der Waals surface area contributed by atoms with Gasteiger partial charge in [0, 0.05) is 13.0 Å². The van der Waals surface area contributed by atoms with Crippen LogP contribution in [0.25, 0.3) is 0 Å². The lowest BCUT2D eigenvalue weighted by molar-refractivity contribution is -0.144. The summed E-state index contributed by atoms with van der Waals surface area (Å²) in [7, 11) is 0. The number of amides is 2. The molecule has 4 nitrogen and oxygen atoms in total. The number of hydrogen-bond acceptors (Lipinski definition) is 3. The third-order valence-corrected chi connectivity index (χ3v) is 4.23. The van der Waals surface area contributed by atoms with Crippen LogP contribution in [-0.4, -0.2) is 35.3 Å². The van der Waals surface area contributed by atoms with Gasteiger partial charge in [0.05, 0.1) is 11.5 Å². The molecule has 1 aromatic carbocycles. The van der Waals surface area contributed by atoms with Crippen molar-refractivity contribution in [2.45, 2.75) is 31.2 Å². The number of carbonyl (C=O) groups is 2. The number of benzene rings is 1. The Morgan fingerprint density at radius 1 is 1.26 bits per heavy atom. The standard InChI is InChI=1S/C15H18N2O2/c1-15(7-8-16-10-15)17-13(18)9-12(14(17)19)11-5-3-2-4-6-11/h2-6,12,16H,7-10H2,1H3. The van der Waals surface area contributed by atoms with E-state index >= 15 is 0 Å². The molecule has 2 saturated heterocycles. The highest BCUT2D eigenvalue weighted by Gasteiger charge is 2.49. The average Bonchev–Trinajstić information content (AvgIpc) is 2.96. The van der Waals surface area contributed by atoms with Crippen LogP contribution in [-0.2, 0) is 9.59 Å². The van der Waals surface area contributed by atoms with Gasteiger partial charge >= 0.3 is 0 Å². The zero-order valence-corrected chi connectivity index (χ0v) is 11.1. The van der Waals surface area contributed by atoms with E-state index in [-0.39, 0.29) is 23.3 Å². The molecule has 2 unspecified atom stereocenters. The fourth-order valence-corrected chi connectivity index (χ4v) is 3.14. The molecule has 0 spiro atoms. The van der Waals surface area contributed by atoms with E-state index in [4.69, 9.17) is 0 Å². The van der Waals surface area contributed by atoms with Gasteiger partial charge in [-0.1, -0.05) is 30.3 Å². The highest BCUT2D eigenvalue weighted by atomic mass is 16.2. The van der Waals surface area contributed by atoms with Crippen LogP contribution in [0.5, 0.6) is 0 Å². The third kappa shape index (κ3) is 1.96. The molecule has 1 aromatic rings. The van der Waals surface area contributed by atoms with Crippen molar-refractivity contribution >= 4 is 11.8 Å². The van der Waals surface area contributed by atoms with Gasteiger partial charge in [0.2, 0.25) is 11.8 Å². The minimum absolute atomic E-state index is 0.0370. The summed E-state index contributed by atoms with van der Waals surface area (Å²) in [5.74, 6) is -0.376. The Hall–Kier alpha value is -1.68. The Morgan fingerprint density at radius 3 is 2.63 bits per heavy atom. The molecule has 2 atom stereocenters. The Kier molecular flexibility index (Phi) is 2.90. The van der Waals surface area contributed by atoms with Crippen LogP contribution in [0.1, 0.15) is 31.2 Å². The van der Waals surface area contributed by atoms with Gasteiger partial charge in [-0.2, -0.15) is 0 Å². The first-order valence-electron chi connectivity index (χ1n) is 6.74. The Bertz CT molecular complexity index is 506. The summed E-state index contributed by atoms with van der Waals surface area (Å²) in [6.45, 7) is 3.56. The number of imide groups is 1. The fourth-order valence-electron chi connectivity index (χ4n) is 3.14. The molecule has 4 heteroatoms. The van der Waals surface area contributed by atoms with Gasteiger partial charge in [-0.3, -0.25) is 14.5 Å². The van der Waals surface area contributed by atoms with E-state index in [1.807, 2.05) is 37.3 Å². The highest BCUT2D eigenvalue weighted by molar-refractivity contribution is 6.07. The van der Waals surface area contributed by atoms with Crippen LogP contribution in [0, 0.1) is 0 Å². The maximum Gasteiger partial charge on any atom is 0.237 e. The average molecular weight is 258 g/mol. The predicted octanol–water partition coefficient (Wildman–Crippen LogP) is 1.28. The molecule has 0 aromatic heterocycles. The zero-order chi connectivity index (χ0) is 13.5. The number of rotatable bonds is 2. The fraction of sp³-hybridized carbons (Fsp3) is 0.467. The van der Waals surface area contributed by atoms with Crippen molar-refractivity contribution in [3.05, 3.63) is 35.9 Å². The largest absolute Gasteiger partial charge is 0.314 e. The summed E-state index contributed by atoms with van der Waals surface area (Å²) in [5.41, 5.74) is 0.593. The first-order chi connectivity index (χ1) is 9.12. The van der Waals surface area contributed by atoms with E-state index in [2.05, 4.69) is 5.32 Å². The lowest BCUT2D eigenvalue weighted by Gasteiger charge is -2.33. The maximum atomic E-state index is 12.6. The normalized spacial score (nSPS) is 31.2. The summed E-state index contributed by atoms with van der Waals surface area (Å²) in [5, 5.41) is 3.24. The van der Waals surface area contributed by atoms with Crippen molar-refractivity contribution in [2.75, 3.05) is 13.1 Å². The lowest BCUT2D eigenvalue weighted by atomic mass is 9.96. The number of likely N-dealkylation sites (tertiary alicyclic amines) is 1. The third-order valence-electron chi connectivity index (χ3n) is 4.23. The number of nitrogens with zero attached hydrogens (tertiary/aromatic N) is 1. The van der Waals surface area contributed by atoms with E-state index in [0.29, 0.717) is 13.0 Å². The minimum atomic E-state index is -0.350. The van der Waals surface area contributed by atoms with Crippen LogP contribution in [0.4, 0.5) is 0 Å². The second-order valence-electron chi connectivity index (χ2n) is 5.66. The van der Waals surface area contributed by atoms with Crippen molar-refractivity contribution in [3.8, 4) is 0 Å². The van der Waals surface area contributed by atoms with Gasteiger partial charge in [-0.25, -0.2) is 0 Å². The molecule has 2 fully saturated rings. The highest BCUT2D eigenvalue weighted by Crippen LogP contribution is 2.36. The van der Waals surface area contributed by atoms with Gasteiger partial charge in [0.15, 0.2) is 0 Å². The van der Waals surface area contributed by atoms with Crippen LogP contribution >= 0.6 is 0 Å². The lowest BCUT2D eigenvalue weighted by Crippen LogP contribution is -2.51. The topological polar surface area (TPSA) is 49.4 Å². The van der Waals surface area contributed by atoms with Crippen molar-refractivity contribution in [2.24, 2.45) is 0 Å². The Balaban J connectivity index is 1.89. The van der Waals surface area contributed by atoms with Gasteiger partial charge in [0.1, 0.15) is 0 Å². The summed E-state index contributed by atoms with van der Waals surface area (Å²) in [6, 6.07) is 9.59. The smallest absolute Gasteiger partial charge is 0.237 e. The van der Waals surface area contributed by atoms with E-state index in [1.54, 1.807) is 0 Å². The van der Waals surface area contributed by atoms with E-state index in [1.165, 1.54) is 4.90 Å². The molecule has 1 N–H and O–H groups in total. The summed E-state index contributed by atoms with van der Waals surface area (Å²) in [6.07, 6.45) is 1.14. The molecule has 0 bridgehead atoms. The second-order valence-corrected chi connectivity index (χ2v) is 5.66. The van der Waals surface area contributed by atoms with Crippen LogP contribution in [0.15, 0.2) is 30.3 Å². The molecule has 2 aliphatic rings. The van der Waals surface area contributed by atoms with Crippen molar-refractivity contribution < 1.29 is 9.59 Å². The van der Waals surface area contributed by atoms with Gasteiger partial charge in [-0.15, -0.1) is 0 Å². The van der Waals surface area contributed by atoms with Gasteiger partial charge in [-0.05, 0) is 25.5 Å². The SMILES string of the molecule is CC1(N2C(=O)CC(c3ccccc3)C2=O)CCNC1. The van der Waals surface area contributed by atoms with Crippen LogP contribution < -0.4 is 5.32 Å². The number of hydrogen-bond donors (Lipinski definition) is 1. The minimum Gasteiger partial charge on any atom is -0.314 e. The first kappa shape index (κ1) is 12.4. The van der Waals surface area contributed by atoms with Crippen LogP contribution in [0.2, 0.25) is 0 Å². The van der Waals surface area contributed by atoms with E-state index < -0.39 is 0 Å². The van der Waals surface area contributed by atoms with Crippen molar-refractivity contribution in [3.63, 3.8) is 0 Å². The van der Waals surface area contributed by atoms with Gasteiger partial charge < -0.3 is 5.32 Å².